The Balaban J connectivity index is 0.00000276. The normalized spacial score (nSPS) is 12.6. The Hall–Kier alpha value is -4.17. The van der Waals surface area contributed by atoms with Gasteiger partial charge in [-0.1, -0.05) is 47.5 Å². The number of para-hydroxylation sites is 2. The van der Waals surface area contributed by atoms with E-state index in [9.17, 15) is 0 Å². The van der Waals surface area contributed by atoms with Crippen LogP contribution in [0.15, 0.2) is 84.9 Å². The fourth-order valence-electron chi connectivity index (χ4n) is 6.53. The SMILES string of the molecule is Cc1cc(C)n(-c2[c-]c3c(cc2)-c2ccccc2N2B3c3[c-]c(-n4nc(C)cc4C)ccc3-c3ccccc32)n1.[Pd+2]. The van der Waals surface area contributed by atoms with E-state index in [1.54, 1.807) is 0 Å². The summed E-state index contributed by atoms with van der Waals surface area (Å²) >= 11 is 0. The minimum atomic E-state index is -0.108. The first-order valence-corrected chi connectivity index (χ1v) is 13.7. The van der Waals surface area contributed by atoms with Gasteiger partial charge in [0.05, 0.1) is 11.4 Å². The maximum Gasteiger partial charge on any atom is 2.00 e. The number of rotatable bonds is 2. The van der Waals surface area contributed by atoms with E-state index in [-0.39, 0.29) is 27.3 Å². The van der Waals surface area contributed by atoms with Crippen LogP contribution < -0.4 is 15.7 Å². The smallest absolute Gasteiger partial charge is 0.381 e. The van der Waals surface area contributed by atoms with Gasteiger partial charge >= 0.3 is 20.4 Å². The molecule has 6 aromatic rings. The third-order valence-corrected chi connectivity index (χ3v) is 8.11. The van der Waals surface area contributed by atoms with Crippen LogP contribution in [-0.4, -0.2) is 26.4 Å². The van der Waals surface area contributed by atoms with Crippen molar-refractivity contribution < 1.29 is 20.4 Å². The van der Waals surface area contributed by atoms with E-state index in [1.165, 1.54) is 33.6 Å². The molecule has 0 spiro atoms. The summed E-state index contributed by atoms with van der Waals surface area (Å²) in [6, 6.07) is 38.0. The zero-order valence-electron chi connectivity index (χ0n) is 23.2. The van der Waals surface area contributed by atoms with Gasteiger partial charge in [-0.25, -0.2) is 0 Å². The summed E-state index contributed by atoms with van der Waals surface area (Å²) in [7, 11) is 0. The summed E-state index contributed by atoms with van der Waals surface area (Å²) in [5.41, 5.74) is 15.5. The largest absolute Gasteiger partial charge is 2.00 e. The van der Waals surface area contributed by atoms with Gasteiger partial charge in [-0.3, -0.25) is 9.36 Å². The topological polar surface area (TPSA) is 38.9 Å². The number of fused-ring (bicyclic) bond motifs is 11. The number of benzene rings is 4. The van der Waals surface area contributed by atoms with Crippen molar-refractivity contribution >= 4 is 29.1 Å². The molecular formula is C34H26BN5Pd. The Morgan fingerprint density at radius 3 is 1.41 bits per heavy atom. The van der Waals surface area contributed by atoms with Crippen LogP contribution in [0.5, 0.6) is 0 Å². The zero-order chi connectivity index (χ0) is 27.1. The number of aryl methyl sites for hydroxylation is 4. The molecule has 5 nitrogen and oxygen atoms in total. The van der Waals surface area contributed by atoms with Gasteiger partial charge < -0.3 is 4.81 Å². The second-order valence-corrected chi connectivity index (χ2v) is 10.8. The molecule has 0 unspecified atom stereocenters. The summed E-state index contributed by atoms with van der Waals surface area (Å²) < 4.78 is 3.99. The summed E-state index contributed by atoms with van der Waals surface area (Å²) in [5, 5.41) is 9.55. The second kappa shape index (κ2) is 9.45. The number of anilines is 2. The molecule has 2 aliphatic heterocycles. The molecule has 4 heterocycles. The molecular weight excluding hydrogens is 596 g/mol. The van der Waals surface area contributed by atoms with E-state index in [2.05, 4.69) is 116 Å². The minimum Gasteiger partial charge on any atom is -0.381 e. The molecule has 0 aliphatic carbocycles. The van der Waals surface area contributed by atoms with E-state index in [4.69, 9.17) is 10.2 Å². The molecule has 0 saturated carbocycles. The summed E-state index contributed by atoms with van der Waals surface area (Å²) in [4.78, 5) is 2.47. The molecule has 0 amide bonds. The molecule has 0 radical (unpaired) electrons. The quantitative estimate of drug-likeness (QED) is 0.181. The second-order valence-electron chi connectivity index (χ2n) is 10.8. The van der Waals surface area contributed by atoms with Gasteiger partial charge in [0.2, 0.25) is 0 Å². The van der Waals surface area contributed by atoms with Gasteiger partial charge in [-0.15, -0.1) is 23.3 Å². The van der Waals surface area contributed by atoms with Crippen LogP contribution in [0, 0.1) is 39.8 Å². The van der Waals surface area contributed by atoms with Crippen LogP contribution in [0.3, 0.4) is 0 Å². The molecule has 0 atom stereocenters. The predicted octanol–water partition coefficient (Wildman–Crippen LogP) is 5.79. The Kier molecular flexibility index (Phi) is 5.94. The first-order chi connectivity index (χ1) is 19.5. The predicted molar refractivity (Wildman–Crippen MR) is 162 cm³/mol. The van der Waals surface area contributed by atoms with Crippen molar-refractivity contribution in [3.05, 3.63) is 120 Å². The standard InChI is InChI=1S/C34H26BN5.Pd/c1-21-17-23(3)39(36-21)25-13-15-27-29-9-5-7-11-33(29)38-34-12-8-6-10-30(34)28-16-14-26(40-24(4)18-22(2)37-40)20-32(28)35(38)31(27)19-25;/h5-18H,1-4H3;/q-2;+2. The third kappa shape index (κ3) is 3.80. The Bertz CT molecular complexity index is 1850. The van der Waals surface area contributed by atoms with E-state index in [0.717, 1.165) is 45.1 Å². The van der Waals surface area contributed by atoms with Gasteiger partial charge in [-0.2, -0.15) is 45.4 Å². The Morgan fingerprint density at radius 2 is 1.00 bits per heavy atom. The van der Waals surface area contributed by atoms with Crippen molar-refractivity contribution in [2.45, 2.75) is 27.7 Å². The van der Waals surface area contributed by atoms with Crippen molar-refractivity contribution in [1.82, 2.24) is 19.6 Å². The Labute approximate surface area is 254 Å². The van der Waals surface area contributed by atoms with Crippen LogP contribution in [0.1, 0.15) is 22.8 Å². The number of aromatic nitrogens is 4. The van der Waals surface area contributed by atoms with Crippen molar-refractivity contribution in [2.75, 3.05) is 4.81 Å². The molecule has 0 bridgehead atoms. The molecule has 4 aromatic carbocycles. The maximum atomic E-state index is 4.78. The molecule has 2 aromatic heterocycles. The zero-order valence-corrected chi connectivity index (χ0v) is 24.8. The fourth-order valence-corrected chi connectivity index (χ4v) is 6.53. The summed E-state index contributed by atoms with van der Waals surface area (Å²) in [5.74, 6) is 0. The molecule has 8 rings (SSSR count). The van der Waals surface area contributed by atoms with Crippen LogP contribution in [0.25, 0.3) is 33.6 Å². The van der Waals surface area contributed by atoms with E-state index in [1.807, 2.05) is 23.2 Å². The van der Waals surface area contributed by atoms with Crippen molar-refractivity contribution in [3.63, 3.8) is 0 Å². The van der Waals surface area contributed by atoms with Crippen LogP contribution in [0.2, 0.25) is 0 Å². The van der Waals surface area contributed by atoms with Crippen LogP contribution in [0.4, 0.5) is 11.4 Å². The molecule has 0 fully saturated rings. The number of hydrogen-bond donors (Lipinski definition) is 0. The van der Waals surface area contributed by atoms with Crippen LogP contribution in [-0.2, 0) is 20.4 Å². The molecule has 41 heavy (non-hydrogen) atoms. The first-order valence-electron chi connectivity index (χ1n) is 13.7. The van der Waals surface area contributed by atoms with Gasteiger partial charge in [0.15, 0.2) is 0 Å². The number of nitrogens with zero attached hydrogens (tertiary/aromatic N) is 5. The summed E-state index contributed by atoms with van der Waals surface area (Å²) in [6.45, 7) is 8.14. The van der Waals surface area contributed by atoms with Crippen molar-refractivity contribution in [2.24, 2.45) is 0 Å². The van der Waals surface area contributed by atoms with E-state index < -0.39 is 0 Å². The monoisotopic (exact) mass is 621 g/mol. The van der Waals surface area contributed by atoms with Gasteiger partial charge in [-0.05, 0) is 63.3 Å². The molecule has 7 heteroatoms. The minimum absolute atomic E-state index is 0. The molecule has 0 saturated heterocycles. The first kappa shape index (κ1) is 25.8. The molecule has 200 valence electrons. The average Bonchev–Trinajstić information content (AvgIpc) is 3.50. The maximum absolute atomic E-state index is 4.78. The van der Waals surface area contributed by atoms with Gasteiger partial charge in [0.1, 0.15) is 0 Å². The van der Waals surface area contributed by atoms with Gasteiger partial charge in [0, 0.05) is 22.8 Å². The van der Waals surface area contributed by atoms with Gasteiger partial charge in [0.25, 0.3) is 6.85 Å². The Morgan fingerprint density at radius 1 is 0.561 bits per heavy atom. The van der Waals surface area contributed by atoms with E-state index in [0.29, 0.717) is 0 Å². The molecule has 0 N–H and O–H groups in total. The van der Waals surface area contributed by atoms with E-state index >= 15 is 0 Å². The fraction of sp³-hybridized carbons (Fsp3) is 0.118. The molecule has 2 aliphatic rings. The van der Waals surface area contributed by atoms with Crippen molar-refractivity contribution in [3.8, 4) is 33.6 Å². The summed E-state index contributed by atoms with van der Waals surface area (Å²) in [6.07, 6.45) is 0. The third-order valence-electron chi connectivity index (χ3n) is 8.11. The number of hydrogen-bond acceptors (Lipinski definition) is 3. The van der Waals surface area contributed by atoms with Crippen molar-refractivity contribution in [1.29, 1.82) is 0 Å². The average molecular weight is 622 g/mol. The van der Waals surface area contributed by atoms with Crippen LogP contribution >= 0.6 is 0 Å².